The monoisotopic (exact) mass is 237 g/mol. The van der Waals surface area contributed by atoms with Crippen LogP contribution in [0.15, 0.2) is 17.5 Å². The fourth-order valence-electron chi connectivity index (χ4n) is 2.44. The molecule has 1 aromatic heterocycles. The molecule has 1 atom stereocenters. The van der Waals surface area contributed by atoms with Crippen LogP contribution >= 0.6 is 11.3 Å². The van der Waals surface area contributed by atoms with Crippen molar-refractivity contribution in [3.05, 3.63) is 22.4 Å². The van der Waals surface area contributed by atoms with Gasteiger partial charge in [-0.1, -0.05) is 12.5 Å². The third-order valence-electron chi connectivity index (χ3n) is 3.23. The molecule has 1 unspecified atom stereocenters. The van der Waals surface area contributed by atoms with Gasteiger partial charge in [0.15, 0.2) is 0 Å². The maximum atomic E-state index is 7.92. The van der Waals surface area contributed by atoms with Crippen LogP contribution < -0.4 is 11.1 Å². The van der Waals surface area contributed by atoms with Crippen LogP contribution in [-0.4, -0.2) is 12.4 Å². The van der Waals surface area contributed by atoms with Gasteiger partial charge in [-0.2, -0.15) is 0 Å². The largest absolute Gasteiger partial charge is 0.364 e. The first kappa shape index (κ1) is 11.6. The Morgan fingerprint density at radius 1 is 1.50 bits per heavy atom. The van der Waals surface area contributed by atoms with E-state index >= 15 is 0 Å². The summed E-state index contributed by atoms with van der Waals surface area (Å²) in [4.78, 5) is 1.32. The molecule has 0 spiro atoms. The molecule has 0 bridgehead atoms. The Morgan fingerprint density at radius 3 is 3.06 bits per heavy atom. The van der Waals surface area contributed by atoms with Crippen molar-refractivity contribution in [3.63, 3.8) is 0 Å². The van der Waals surface area contributed by atoms with Gasteiger partial charge in [0.1, 0.15) is 0 Å². The van der Waals surface area contributed by atoms with Crippen molar-refractivity contribution < 1.29 is 0 Å². The SMILES string of the molecule is N=C1CCCCC(CCN)(c2cccs2)N1. The molecule has 0 radical (unpaired) electrons. The van der Waals surface area contributed by atoms with E-state index in [0.29, 0.717) is 12.4 Å². The number of rotatable bonds is 3. The Labute approximate surface area is 101 Å². The van der Waals surface area contributed by atoms with E-state index in [4.69, 9.17) is 11.1 Å². The van der Waals surface area contributed by atoms with Crippen molar-refractivity contribution >= 4 is 17.2 Å². The first-order valence-corrected chi connectivity index (χ1v) is 6.74. The molecule has 0 aromatic carbocycles. The molecule has 0 aliphatic carbocycles. The van der Waals surface area contributed by atoms with Crippen LogP contribution in [0.5, 0.6) is 0 Å². The molecule has 3 nitrogen and oxygen atoms in total. The lowest BCUT2D eigenvalue weighted by Gasteiger charge is -2.33. The summed E-state index contributed by atoms with van der Waals surface area (Å²) in [5.41, 5.74) is 5.67. The van der Waals surface area contributed by atoms with E-state index in [1.165, 1.54) is 11.3 Å². The Kier molecular flexibility index (Phi) is 3.61. The smallest absolute Gasteiger partial charge is 0.0938 e. The zero-order chi connectivity index (χ0) is 11.4. The minimum absolute atomic E-state index is 0.0729. The Balaban J connectivity index is 2.29. The second kappa shape index (κ2) is 4.97. The van der Waals surface area contributed by atoms with E-state index < -0.39 is 0 Å². The predicted octanol–water partition coefficient (Wildman–Crippen LogP) is 2.43. The molecule has 1 saturated heterocycles. The molecule has 16 heavy (non-hydrogen) atoms. The summed E-state index contributed by atoms with van der Waals surface area (Å²) in [7, 11) is 0. The minimum Gasteiger partial charge on any atom is -0.364 e. The Hall–Kier alpha value is -0.870. The van der Waals surface area contributed by atoms with Gasteiger partial charge in [0.05, 0.1) is 11.4 Å². The van der Waals surface area contributed by atoms with E-state index in [9.17, 15) is 0 Å². The van der Waals surface area contributed by atoms with Crippen molar-refractivity contribution in [1.29, 1.82) is 5.41 Å². The van der Waals surface area contributed by atoms with Crippen molar-refractivity contribution in [2.75, 3.05) is 6.54 Å². The van der Waals surface area contributed by atoms with Gasteiger partial charge < -0.3 is 11.1 Å². The van der Waals surface area contributed by atoms with E-state index in [1.54, 1.807) is 11.3 Å². The molecule has 0 saturated carbocycles. The van der Waals surface area contributed by atoms with Gasteiger partial charge >= 0.3 is 0 Å². The average molecular weight is 237 g/mol. The third-order valence-corrected chi connectivity index (χ3v) is 4.31. The number of nitrogens with two attached hydrogens (primary N) is 1. The lowest BCUT2D eigenvalue weighted by Crippen LogP contribution is -2.45. The van der Waals surface area contributed by atoms with Gasteiger partial charge in [0, 0.05) is 11.3 Å². The molecule has 0 amide bonds. The van der Waals surface area contributed by atoms with Crippen LogP contribution in [0.25, 0.3) is 0 Å². The highest BCUT2D eigenvalue weighted by Gasteiger charge is 2.34. The molecule has 1 fully saturated rings. The van der Waals surface area contributed by atoms with E-state index in [2.05, 4.69) is 22.8 Å². The van der Waals surface area contributed by atoms with E-state index in [1.807, 2.05) is 0 Å². The standard InChI is InChI=1S/C12H19N3S/c13-8-7-12(10-4-3-9-16-10)6-2-1-5-11(14)15-12/h3-4,9H,1-2,5-8,13H2,(H2,14,15). The fraction of sp³-hybridized carbons (Fsp3) is 0.583. The highest BCUT2D eigenvalue weighted by atomic mass is 32.1. The van der Waals surface area contributed by atoms with Crippen molar-refractivity contribution in [2.24, 2.45) is 5.73 Å². The predicted molar refractivity (Wildman–Crippen MR) is 69.0 cm³/mol. The molecular weight excluding hydrogens is 218 g/mol. The Bertz CT molecular complexity index is 347. The lowest BCUT2D eigenvalue weighted by molar-refractivity contribution is 0.345. The molecule has 4 N–H and O–H groups in total. The number of nitrogens with one attached hydrogen (secondary N) is 2. The van der Waals surface area contributed by atoms with Gasteiger partial charge in [-0.3, -0.25) is 5.41 Å². The number of amidine groups is 1. The first-order valence-electron chi connectivity index (χ1n) is 5.86. The van der Waals surface area contributed by atoms with Crippen LogP contribution in [0, 0.1) is 5.41 Å². The zero-order valence-corrected chi connectivity index (χ0v) is 10.3. The van der Waals surface area contributed by atoms with Crippen LogP contribution in [0.4, 0.5) is 0 Å². The van der Waals surface area contributed by atoms with E-state index in [-0.39, 0.29) is 5.54 Å². The molecule has 4 heteroatoms. The lowest BCUT2D eigenvalue weighted by atomic mass is 9.88. The van der Waals surface area contributed by atoms with Crippen molar-refractivity contribution in [3.8, 4) is 0 Å². The van der Waals surface area contributed by atoms with Gasteiger partial charge in [0.2, 0.25) is 0 Å². The highest BCUT2D eigenvalue weighted by molar-refractivity contribution is 7.10. The maximum Gasteiger partial charge on any atom is 0.0938 e. The van der Waals surface area contributed by atoms with E-state index in [0.717, 1.165) is 25.7 Å². The summed E-state index contributed by atoms with van der Waals surface area (Å²) < 4.78 is 0. The molecule has 1 aliphatic heterocycles. The molecule has 88 valence electrons. The summed E-state index contributed by atoms with van der Waals surface area (Å²) in [6.45, 7) is 0.665. The fourth-order valence-corrected chi connectivity index (χ4v) is 3.38. The summed E-state index contributed by atoms with van der Waals surface area (Å²) >= 11 is 1.76. The third kappa shape index (κ3) is 2.28. The average Bonchev–Trinajstić information content (AvgIpc) is 2.72. The number of thiophene rings is 1. The highest BCUT2D eigenvalue weighted by Crippen LogP contribution is 2.35. The number of hydrogen-bond acceptors (Lipinski definition) is 3. The molecule has 2 rings (SSSR count). The van der Waals surface area contributed by atoms with Crippen LogP contribution in [0.1, 0.15) is 37.0 Å². The second-order valence-electron chi connectivity index (χ2n) is 4.41. The molecule has 2 heterocycles. The normalized spacial score (nSPS) is 26.2. The maximum absolute atomic E-state index is 7.92. The first-order chi connectivity index (χ1) is 7.77. The van der Waals surface area contributed by atoms with Crippen LogP contribution in [0.3, 0.4) is 0 Å². The van der Waals surface area contributed by atoms with Gasteiger partial charge in [-0.15, -0.1) is 11.3 Å². The zero-order valence-electron chi connectivity index (χ0n) is 9.46. The van der Waals surface area contributed by atoms with Crippen LogP contribution in [-0.2, 0) is 5.54 Å². The van der Waals surface area contributed by atoms with Crippen LogP contribution in [0.2, 0.25) is 0 Å². The summed E-state index contributed by atoms with van der Waals surface area (Å²) in [5, 5.41) is 13.4. The van der Waals surface area contributed by atoms with Crippen molar-refractivity contribution in [2.45, 2.75) is 37.6 Å². The summed E-state index contributed by atoms with van der Waals surface area (Å²) in [6, 6.07) is 4.24. The van der Waals surface area contributed by atoms with Gasteiger partial charge in [0.25, 0.3) is 0 Å². The van der Waals surface area contributed by atoms with Gasteiger partial charge in [-0.25, -0.2) is 0 Å². The molecule has 1 aromatic rings. The quantitative estimate of drug-likeness (QED) is 0.756. The minimum atomic E-state index is -0.0729. The van der Waals surface area contributed by atoms with Gasteiger partial charge in [-0.05, 0) is 37.3 Å². The molecular formula is C12H19N3S. The van der Waals surface area contributed by atoms with Crippen molar-refractivity contribution in [1.82, 2.24) is 5.32 Å². The molecule has 1 aliphatic rings. The summed E-state index contributed by atoms with van der Waals surface area (Å²) in [5.74, 6) is 0.666. The summed E-state index contributed by atoms with van der Waals surface area (Å²) in [6.07, 6.45) is 5.16. The number of hydrogen-bond donors (Lipinski definition) is 3. The second-order valence-corrected chi connectivity index (χ2v) is 5.36. The topological polar surface area (TPSA) is 61.9 Å². The Morgan fingerprint density at radius 2 is 2.38 bits per heavy atom.